The molecule has 17 heavy (non-hydrogen) atoms. The normalized spacial score (nSPS) is 29.8. The van der Waals surface area contributed by atoms with Gasteiger partial charge in [0.25, 0.3) is 0 Å². The van der Waals surface area contributed by atoms with Crippen molar-refractivity contribution in [2.75, 3.05) is 13.1 Å². The summed E-state index contributed by atoms with van der Waals surface area (Å²) < 4.78 is 1.15. The SMILES string of the molecule is NCC(c1cccc(Br)c1)N1CC2CCC1C2. The van der Waals surface area contributed by atoms with Gasteiger partial charge in [0.1, 0.15) is 0 Å². The van der Waals surface area contributed by atoms with Crippen LogP contribution in [0.4, 0.5) is 0 Å². The topological polar surface area (TPSA) is 29.3 Å². The maximum absolute atomic E-state index is 6.01. The Morgan fingerprint density at radius 1 is 1.41 bits per heavy atom. The van der Waals surface area contributed by atoms with Crippen LogP contribution < -0.4 is 5.73 Å². The number of likely N-dealkylation sites (tertiary alicyclic amines) is 1. The fraction of sp³-hybridized carbons (Fsp3) is 0.571. The Kier molecular flexibility index (Phi) is 3.24. The van der Waals surface area contributed by atoms with Gasteiger partial charge in [-0.1, -0.05) is 28.1 Å². The lowest BCUT2D eigenvalue weighted by molar-refractivity contribution is 0.153. The predicted molar refractivity (Wildman–Crippen MR) is 73.8 cm³/mol. The molecule has 92 valence electrons. The molecular formula is C14H19BrN2. The summed E-state index contributed by atoms with van der Waals surface area (Å²) in [6.45, 7) is 1.97. The molecule has 2 aliphatic rings. The molecule has 2 fully saturated rings. The van der Waals surface area contributed by atoms with Crippen molar-refractivity contribution in [3.05, 3.63) is 34.3 Å². The monoisotopic (exact) mass is 294 g/mol. The molecule has 1 aliphatic carbocycles. The van der Waals surface area contributed by atoms with Crippen molar-refractivity contribution in [1.29, 1.82) is 0 Å². The van der Waals surface area contributed by atoms with Gasteiger partial charge in [0.2, 0.25) is 0 Å². The highest BCUT2D eigenvalue weighted by molar-refractivity contribution is 9.10. The van der Waals surface area contributed by atoms with Crippen LogP contribution in [0, 0.1) is 5.92 Å². The van der Waals surface area contributed by atoms with E-state index in [4.69, 9.17) is 5.73 Å². The molecule has 3 heteroatoms. The van der Waals surface area contributed by atoms with E-state index in [1.165, 1.54) is 31.4 Å². The minimum atomic E-state index is 0.405. The van der Waals surface area contributed by atoms with E-state index in [9.17, 15) is 0 Å². The Bertz CT molecular complexity index is 407. The van der Waals surface area contributed by atoms with E-state index in [1.54, 1.807) is 0 Å². The summed E-state index contributed by atoms with van der Waals surface area (Å²) in [7, 11) is 0. The first-order valence-corrected chi connectivity index (χ1v) is 7.28. The van der Waals surface area contributed by atoms with E-state index in [1.807, 2.05) is 0 Å². The Hall–Kier alpha value is -0.380. The zero-order chi connectivity index (χ0) is 11.8. The van der Waals surface area contributed by atoms with E-state index in [-0.39, 0.29) is 0 Å². The third-order valence-electron chi connectivity index (χ3n) is 4.31. The number of nitrogens with zero attached hydrogens (tertiary/aromatic N) is 1. The van der Waals surface area contributed by atoms with Crippen molar-refractivity contribution in [2.45, 2.75) is 31.3 Å². The van der Waals surface area contributed by atoms with E-state index in [2.05, 4.69) is 45.1 Å². The van der Waals surface area contributed by atoms with Crippen LogP contribution in [-0.4, -0.2) is 24.0 Å². The lowest BCUT2D eigenvalue weighted by Crippen LogP contribution is -2.39. The number of rotatable bonds is 3. The van der Waals surface area contributed by atoms with E-state index in [0.29, 0.717) is 6.04 Å². The highest BCUT2D eigenvalue weighted by Crippen LogP contribution is 2.41. The first-order valence-electron chi connectivity index (χ1n) is 6.49. The molecule has 1 heterocycles. The number of benzene rings is 1. The average Bonchev–Trinajstić information content (AvgIpc) is 2.92. The first-order chi connectivity index (χ1) is 8.28. The van der Waals surface area contributed by atoms with Crippen molar-refractivity contribution < 1.29 is 0 Å². The number of piperidine rings is 1. The molecule has 2 N–H and O–H groups in total. The Labute approximate surface area is 111 Å². The first kappa shape index (κ1) is 11.7. The maximum atomic E-state index is 6.01. The summed E-state index contributed by atoms with van der Waals surface area (Å²) in [5.74, 6) is 0.932. The van der Waals surface area contributed by atoms with Crippen molar-refractivity contribution in [1.82, 2.24) is 4.90 Å². The van der Waals surface area contributed by atoms with Gasteiger partial charge in [0.15, 0.2) is 0 Å². The Morgan fingerprint density at radius 3 is 2.88 bits per heavy atom. The summed E-state index contributed by atoms with van der Waals surface area (Å²) in [5.41, 5.74) is 7.37. The third kappa shape index (κ3) is 2.16. The van der Waals surface area contributed by atoms with Crippen LogP contribution in [-0.2, 0) is 0 Å². The lowest BCUT2D eigenvalue weighted by Gasteiger charge is -2.34. The molecule has 1 saturated heterocycles. The molecule has 2 nitrogen and oxygen atoms in total. The van der Waals surface area contributed by atoms with Gasteiger partial charge in [-0.15, -0.1) is 0 Å². The minimum Gasteiger partial charge on any atom is -0.329 e. The molecule has 3 atom stereocenters. The highest BCUT2D eigenvalue weighted by atomic mass is 79.9. The van der Waals surface area contributed by atoms with E-state index in [0.717, 1.165) is 23.0 Å². The van der Waals surface area contributed by atoms with E-state index < -0.39 is 0 Å². The van der Waals surface area contributed by atoms with Crippen LogP contribution >= 0.6 is 15.9 Å². The summed E-state index contributed by atoms with van der Waals surface area (Å²) in [5, 5.41) is 0. The lowest BCUT2D eigenvalue weighted by atomic mass is 10.0. The van der Waals surface area contributed by atoms with Crippen molar-refractivity contribution >= 4 is 15.9 Å². The molecule has 0 radical (unpaired) electrons. The van der Waals surface area contributed by atoms with Gasteiger partial charge in [0, 0.05) is 29.6 Å². The average molecular weight is 295 g/mol. The van der Waals surface area contributed by atoms with Crippen LogP contribution in [0.5, 0.6) is 0 Å². The fourth-order valence-electron chi connectivity index (χ4n) is 3.52. The fourth-order valence-corrected chi connectivity index (χ4v) is 3.94. The molecule has 3 unspecified atom stereocenters. The van der Waals surface area contributed by atoms with Gasteiger partial charge in [-0.05, 0) is 42.9 Å². The zero-order valence-electron chi connectivity index (χ0n) is 9.98. The maximum Gasteiger partial charge on any atom is 0.0473 e. The standard InChI is InChI=1S/C14H19BrN2/c15-12-3-1-2-11(7-12)14(8-16)17-9-10-4-5-13(17)6-10/h1-3,7,10,13-14H,4-6,8-9,16H2. The van der Waals surface area contributed by atoms with Gasteiger partial charge >= 0.3 is 0 Å². The minimum absolute atomic E-state index is 0.405. The van der Waals surface area contributed by atoms with Crippen molar-refractivity contribution in [2.24, 2.45) is 11.7 Å². The predicted octanol–water partition coefficient (Wildman–Crippen LogP) is 2.93. The van der Waals surface area contributed by atoms with Gasteiger partial charge in [-0.3, -0.25) is 4.90 Å². The number of fused-ring (bicyclic) bond motifs is 2. The summed E-state index contributed by atoms with van der Waals surface area (Å²) in [4.78, 5) is 2.63. The molecule has 1 aliphatic heterocycles. The van der Waals surface area contributed by atoms with Crippen molar-refractivity contribution in [3.63, 3.8) is 0 Å². The quantitative estimate of drug-likeness (QED) is 0.929. The summed E-state index contributed by atoms with van der Waals surface area (Å²) in [6.07, 6.45) is 4.19. The molecular weight excluding hydrogens is 276 g/mol. The molecule has 0 aromatic heterocycles. The van der Waals surface area contributed by atoms with Gasteiger partial charge in [-0.25, -0.2) is 0 Å². The molecule has 2 bridgehead atoms. The summed E-state index contributed by atoms with van der Waals surface area (Å²) in [6, 6.07) is 9.79. The number of hydrogen-bond donors (Lipinski definition) is 1. The second kappa shape index (κ2) is 4.71. The largest absolute Gasteiger partial charge is 0.329 e. The molecule has 0 spiro atoms. The Balaban J connectivity index is 1.84. The number of halogens is 1. The third-order valence-corrected chi connectivity index (χ3v) is 4.80. The van der Waals surface area contributed by atoms with Gasteiger partial charge in [-0.2, -0.15) is 0 Å². The van der Waals surface area contributed by atoms with E-state index >= 15 is 0 Å². The summed E-state index contributed by atoms with van der Waals surface area (Å²) >= 11 is 3.55. The number of nitrogens with two attached hydrogens (primary N) is 1. The van der Waals surface area contributed by atoms with Crippen LogP contribution in [0.1, 0.15) is 30.9 Å². The second-order valence-electron chi connectivity index (χ2n) is 5.34. The van der Waals surface area contributed by atoms with Crippen LogP contribution in [0.3, 0.4) is 0 Å². The smallest absolute Gasteiger partial charge is 0.0473 e. The van der Waals surface area contributed by atoms with Crippen LogP contribution in [0.2, 0.25) is 0 Å². The number of hydrogen-bond acceptors (Lipinski definition) is 2. The Morgan fingerprint density at radius 2 is 2.29 bits per heavy atom. The zero-order valence-corrected chi connectivity index (χ0v) is 11.6. The molecule has 1 saturated carbocycles. The molecule has 3 rings (SSSR count). The van der Waals surface area contributed by atoms with Crippen LogP contribution in [0.25, 0.3) is 0 Å². The van der Waals surface area contributed by atoms with Crippen molar-refractivity contribution in [3.8, 4) is 0 Å². The highest BCUT2D eigenvalue weighted by Gasteiger charge is 2.40. The van der Waals surface area contributed by atoms with Gasteiger partial charge < -0.3 is 5.73 Å². The van der Waals surface area contributed by atoms with Gasteiger partial charge in [0.05, 0.1) is 0 Å². The second-order valence-corrected chi connectivity index (χ2v) is 6.25. The molecule has 0 amide bonds. The molecule has 1 aromatic rings. The molecule has 1 aromatic carbocycles. The van der Waals surface area contributed by atoms with Crippen LogP contribution in [0.15, 0.2) is 28.7 Å².